The summed E-state index contributed by atoms with van der Waals surface area (Å²) in [6.07, 6.45) is -4.67. The first kappa shape index (κ1) is 20.0. The third kappa shape index (κ3) is 4.73. The zero-order chi connectivity index (χ0) is 20.4. The largest absolute Gasteiger partial charge is 0.454 e. The van der Waals surface area contributed by atoms with Crippen LogP contribution in [-0.4, -0.2) is 27.7 Å². The molecule has 0 atom stereocenters. The standard InChI is InChI=1S/C17H15F3N2O5S/c18-17(19,20)12-2-1-3-13(7-12)28(24,25)22-9-16(23)21-8-11-4-5-14-15(6-11)27-10-26-14/h1-7,22H,8-10H2,(H,21,23). The molecule has 2 aromatic rings. The van der Waals surface area contributed by atoms with Gasteiger partial charge in [0.2, 0.25) is 22.7 Å². The van der Waals surface area contributed by atoms with Crippen molar-refractivity contribution in [2.75, 3.05) is 13.3 Å². The average Bonchev–Trinajstić information content (AvgIpc) is 3.12. The van der Waals surface area contributed by atoms with Gasteiger partial charge in [-0.1, -0.05) is 12.1 Å². The van der Waals surface area contributed by atoms with Crippen molar-refractivity contribution in [3.8, 4) is 11.5 Å². The van der Waals surface area contributed by atoms with E-state index in [0.717, 1.165) is 18.2 Å². The maximum absolute atomic E-state index is 12.7. The summed E-state index contributed by atoms with van der Waals surface area (Å²) in [5.41, 5.74) is -0.388. The topological polar surface area (TPSA) is 93.7 Å². The zero-order valence-electron chi connectivity index (χ0n) is 14.2. The number of carbonyl (C=O) groups excluding carboxylic acids is 1. The van der Waals surface area contributed by atoms with Crippen molar-refractivity contribution in [3.05, 3.63) is 53.6 Å². The van der Waals surface area contributed by atoms with Gasteiger partial charge in [-0.2, -0.15) is 13.2 Å². The lowest BCUT2D eigenvalue weighted by Crippen LogP contribution is -2.36. The fourth-order valence-electron chi connectivity index (χ4n) is 2.40. The molecule has 0 bridgehead atoms. The Morgan fingerprint density at radius 2 is 1.82 bits per heavy atom. The van der Waals surface area contributed by atoms with Gasteiger partial charge in [0.05, 0.1) is 17.0 Å². The second-order valence-corrected chi connectivity index (χ2v) is 7.58. The van der Waals surface area contributed by atoms with E-state index in [1.165, 1.54) is 0 Å². The average molecular weight is 416 g/mol. The van der Waals surface area contributed by atoms with E-state index in [-0.39, 0.29) is 13.3 Å². The Balaban J connectivity index is 1.56. The van der Waals surface area contributed by atoms with E-state index in [9.17, 15) is 26.4 Å². The van der Waals surface area contributed by atoms with Crippen LogP contribution < -0.4 is 19.5 Å². The van der Waals surface area contributed by atoms with E-state index in [0.29, 0.717) is 23.1 Å². The minimum absolute atomic E-state index is 0.112. The summed E-state index contributed by atoms with van der Waals surface area (Å²) in [5, 5.41) is 2.51. The Morgan fingerprint density at radius 1 is 1.07 bits per heavy atom. The molecule has 0 saturated heterocycles. The molecule has 0 aromatic heterocycles. The lowest BCUT2D eigenvalue weighted by molar-refractivity contribution is -0.137. The van der Waals surface area contributed by atoms with Crippen LogP contribution in [0.4, 0.5) is 13.2 Å². The number of amides is 1. The van der Waals surface area contributed by atoms with Crippen molar-refractivity contribution >= 4 is 15.9 Å². The molecular formula is C17H15F3N2O5S. The van der Waals surface area contributed by atoms with Crippen molar-refractivity contribution in [1.29, 1.82) is 0 Å². The molecular weight excluding hydrogens is 401 g/mol. The van der Waals surface area contributed by atoms with Gasteiger partial charge in [0, 0.05) is 6.54 Å². The van der Waals surface area contributed by atoms with Crippen molar-refractivity contribution in [2.45, 2.75) is 17.6 Å². The molecule has 0 aliphatic carbocycles. The van der Waals surface area contributed by atoms with Gasteiger partial charge < -0.3 is 14.8 Å². The highest BCUT2D eigenvalue weighted by atomic mass is 32.2. The van der Waals surface area contributed by atoms with Gasteiger partial charge in [0.15, 0.2) is 11.5 Å². The number of halogens is 3. The Bertz CT molecular complexity index is 993. The number of hydrogen-bond donors (Lipinski definition) is 2. The highest BCUT2D eigenvalue weighted by Gasteiger charge is 2.31. The number of benzene rings is 2. The minimum Gasteiger partial charge on any atom is -0.454 e. The highest BCUT2D eigenvalue weighted by Crippen LogP contribution is 2.32. The molecule has 11 heteroatoms. The quantitative estimate of drug-likeness (QED) is 0.752. The lowest BCUT2D eigenvalue weighted by atomic mass is 10.2. The molecule has 1 heterocycles. The predicted octanol–water partition coefficient (Wildman–Crippen LogP) is 2.03. The fraction of sp³-hybridized carbons (Fsp3) is 0.235. The van der Waals surface area contributed by atoms with Gasteiger partial charge in [0.25, 0.3) is 0 Å². The summed E-state index contributed by atoms with van der Waals surface area (Å²) < 4.78 is 74.8. The van der Waals surface area contributed by atoms with Crippen molar-refractivity contribution in [2.24, 2.45) is 0 Å². The van der Waals surface area contributed by atoms with Crippen LogP contribution in [-0.2, 0) is 27.5 Å². The van der Waals surface area contributed by atoms with Crippen LogP contribution in [0.3, 0.4) is 0 Å². The van der Waals surface area contributed by atoms with E-state index in [1.54, 1.807) is 18.2 Å². The molecule has 0 saturated carbocycles. The van der Waals surface area contributed by atoms with Gasteiger partial charge in [-0.15, -0.1) is 0 Å². The molecule has 0 fully saturated rings. The molecule has 3 rings (SSSR count). The normalized spacial score (nSPS) is 13.4. The maximum Gasteiger partial charge on any atom is 0.416 e. The first-order valence-electron chi connectivity index (χ1n) is 7.97. The third-order valence-corrected chi connectivity index (χ3v) is 5.22. The van der Waals surface area contributed by atoms with E-state index in [4.69, 9.17) is 9.47 Å². The number of ether oxygens (including phenoxy) is 2. The number of rotatable bonds is 6. The minimum atomic E-state index is -4.67. The van der Waals surface area contributed by atoms with E-state index in [2.05, 4.69) is 5.32 Å². The van der Waals surface area contributed by atoms with Crippen LogP contribution in [0.5, 0.6) is 11.5 Å². The molecule has 7 nitrogen and oxygen atoms in total. The summed E-state index contributed by atoms with van der Waals surface area (Å²) in [4.78, 5) is 11.3. The molecule has 2 N–H and O–H groups in total. The molecule has 0 unspecified atom stereocenters. The summed E-state index contributed by atoms with van der Waals surface area (Å²) >= 11 is 0. The van der Waals surface area contributed by atoms with E-state index >= 15 is 0 Å². The summed E-state index contributed by atoms with van der Waals surface area (Å²) in [5.74, 6) is 0.481. The molecule has 28 heavy (non-hydrogen) atoms. The molecule has 1 amide bonds. The van der Waals surface area contributed by atoms with Crippen LogP contribution in [0, 0.1) is 0 Å². The van der Waals surface area contributed by atoms with Crippen molar-refractivity contribution < 1.29 is 35.9 Å². The summed E-state index contributed by atoms with van der Waals surface area (Å²) in [6.45, 7) is -0.396. The first-order chi connectivity index (χ1) is 13.1. The second-order valence-electron chi connectivity index (χ2n) is 5.81. The summed E-state index contributed by atoms with van der Waals surface area (Å²) in [6, 6.07) is 8.33. The molecule has 0 spiro atoms. The van der Waals surface area contributed by atoms with Gasteiger partial charge in [-0.25, -0.2) is 13.1 Å². The predicted molar refractivity (Wildman–Crippen MR) is 91.0 cm³/mol. The Kier molecular flexibility index (Phi) is 5.47. The second kappa shape index (κ2) is 7.68. The number of alkyl halides is 3. The van der Waals surface area contributed by atoms with Crippen LogP contribution in [0.25, 0.3) is 0 Å². The maximum atomic E-state index is 12.7. The Morgan fingerprint density at radius 3 is 2.57 bits per heavy atom. The van der Waals surface area contributed by atoms with Crippen molar-refractivity contribution in [3.63, 3.8) is 0 Å². The number of hydrogen-bond acceptors (Lipinski definition) is 5. The van der Waals surface area contributed by atoms with Crippen LogP contribution in [0.1, 0.15) is 11.1 Å². The first-order valence-corrected chi connectivity index (χ1v) is 9.46. The SMILES string of the molecule is O=C(CNS(=O)(=O)c1cccc(C(F)(F)F)c1)NCc1ccc2c(c1)OCO2. The van der Waals surface area contributed by atoms with Crippen LogP contribution >= 0.6 is 0 Å². The molecule has 2 aromatic carbocycles. The van der Waals surface area contributed by atoms with Gasteiger partial charge >= 0.3 is 6.18 Å². The number of fused-ring (bicyclic) bond motifs is 1. The van der Waals surface area contributed by atoms with E-state index in [1.807, 2.05) is 4.72 Å². The van der Waals surface area contributed by atoms with Gasteiger partial charge in [-0.05, 0) is 35.9 Å². The molecule has 1 aliphatic rings. The number of carbonyl (C=O) groups is 1. The monoisotopic (exact) mass is 416 g/mol. The number of nitrogens with one attached hydrogen (secondary N) is 2. The zero-order valence-corrected chi connectivity index (χ0v) is 15.1. The Hall–Kier alpha value is -2.79. The molecule has 150 valence electrons. The molecule has 1 aliphatic heterocycles. The molecule has 0 radical (unpaired) electrons. The highest BCUT2D eigenvalue weighted by molar-refractivity contribution is 7.89. The van der Waals surface area contributed by atoms with E-state index < -0.39 is 39.1 Å². The third-order valence-electron chi connectivity index (χ3n) is 3.82. The van der Waals surface area contributed by atoms with Crippen LogP contribution in [0.2, 0.25) is 0 Å². The Labute approximate surface area is 158 Å². The van der Waals surface area contributed by atoms with Crippen molar-refractivity contribution in [1.82, 2.24) is 10.0 Å². The number of sulfonamides is 1. The van der Waals surface area contributed by atoms with Gasteiger partial charge in [0.1, 0.15) is 0 Å². The smallest absolute Gasteiger partial charge is 0.416 e. The fourth-order valence-corrected chi connectivity index (χ4v) is 3.43. The van der Waals surface area contributed by atoms with Gasteiger partial charge in [-0.3, -0.25) is 4.79 Å². The summed E-state index contributed by atoms with van der Waals surface area (Å²) in [7, 11) is -4.28. The van der Waals surface area contributed by atoms with Crippen LogP contribution in [0.15, 0.2) is 47.4 Å². The lowest BCUT2D eigenvalue weighted by Gasteiger charge is -2.11.